The summed E-state index contributed by atoms with van der Waals surface area (Å²) in [7, 11) is 1.70. The van der Waals surface area contributed by atoms with Gasteiger partial charge in [0.2, 0.25) is 0 Å². The first-order chi connectivity index (χ1) is 10.0. The summed E-state index contributed by atoms with van der Waals surface area (Å²) in [5.41, 5.74) is 0.244. The topological polar surface area (TPSA) is 21.3 Å². The first-order valence-corrected chi connectivity index (χ1v) is 7.75. The van der Waals surface area contributed by atoms with Gasteiger partial charge in [-0.2, -0.15) is 0 Å². The third-order valence-electron chi connectivity index (χ3n) is 4.68. The summed E-state index contributed by atoms with van der Waals surface area (Å²) in [5.74, 6) is -0.397. The van der Waals surface area contributed by atoms with Crippen LogP contribution in [0.3, 0.4) is 0 Å². The lowest BCUT2D eigenvalue weighted by Gasteiger charge is -2.44. The van der Waals surface area contributed by atoms with Crippen LogP contribution in [0.25, 0.3) is 0 Å². The van der Waals surface area contributed by atoms with Crippen molar-refractivity contribution in [2.24, 2.45) is 5.92 Å². The van der Waals surface area contributed by atoms with E-state index in [-0.39, 0.29) is 11.6 Å². The van der Waals surface area contributed by atoms with Crippen LogP contribution >= 0.6 is 0 Å². The van der Waals surface area contributed by atoms with Crippen molar-refractivity contribution in [3.63, 3.8) is 0 Å². The summed E-state index contributed by atoms with van der Waals surface area (Å²) in [6, 6.07) is 3.55. The second-order valence-electron chi connectivity index (χ2n) is 6.14. The molecule has 1 aromatic rings. The Hall–Kier alpha value is -1.00. The van der Waals surface area contributed by atoms with Crippen LogP contribution in [0.1, 0.15) is 51.1 Å². The molecule has 1 aliphatic carbocycles. The zero-order valence-corrected chi connectivity index (χ0v) is 13.1. The number of nitrogens with one attached hydrogen (secondary N) is 1. The molecule has 1 saturated carbocycles. The lowest BCUT2D eigenvalue weighted by Crippen LogP contribution is -2.48. The quantitative estimate of drug-likeness (QED) is 0.879. The second-order valence-corrected chi connectivity index (χ2v) is 6.14. The van der Waals surface area contributed by atoms with Crippen molar-refractivity contribution in [3.8, 4) is 0 Å². The predicted octanol–water partition coefficient (Wildman–Crippen LogP) is 4.21. The Labute approximate surface area is 125 Å². The average Bonchev–Trinajstić information content (AvgIpc) is 2.45. The normalized spacial score (nSPS) is 27.6. The van der Waals surface area contributed by atoms with E-state index in [2.05, 4.69) is 12.2 Å². The molecule has 118 valence electrons. The van der Waals surface area contributed by atoms with Gasteiger partial charge in [-0.1, -0.05) is 13.8 Å². The van der Waals surface area contributed by atoms with Crippen molar-refractivity contribution < 1.29 is 13.5 Å². The van der Waals surface area contributed by atoms with Crippen molar-refractivity contribution >= 4 is 0 Å². The molecule has 4 heteroatoms. The maximum atomic E-state index is 13.6. The Morgan fingerprint density at radius 1 is 1.24 bits per heavy atom. The molecular weight excluding hydrogens is 272 g/mol. The summed E-state index contributed by atoms with van der Waals surface area (Å²) in [4.78, 5) is 0. The van der Waals surface area contributed by atoms with Gasteiger partial charge < -0.3 is 10.1 Å². The van der Waals surface area contributed by atoms with Crippen molar-refractivity contribution in [2.75, 3.05) is 13.7 Å². The zero-order valence-electron chi connectivity index (χ0n) is 13.1. The Kier molecular flexibility index (Phi) is 5.33. The Morgan fingerprint density at radius 3 is 2.29 bits per heavy atom. The minimum absolute atomic E-state index is 0.190. The van der Waals surface area contributed by atoms with E-state index in [1.54, 1.807) is 7.11 Å². The molecule has 0 aromatic heterocycles. The molecule has 0 amide bonds. The first-order valence-electron chi connectivity index (χ1n) is 7.75. The second kappa shape index (κ2) is 6.84. The van der Waals surface area contributed by atoms with Crippen LogP contribution in [0.4, 0.5) is 8.78 Å². The SMILES string of the molecule is CCNC(c1cc(F)cc(F)c1)C1(OC)CCC(C)CC1. The van der Waals surface area contributed by atoms with Gasteiger partial charge in [0, 0.05) is 13.2 Å². The van der Waals surface area contributed by atoms with Gasteiger partial charge in [-0.05, 0) is 55.8 Å². The maximum absolute atomic E-state index is 13.6. The largest absolute Gasteiger partial charge is 0.376 e. The van der Waals surface area contributed by atoms with Gasteiger partial charge in [-0.15, -0.1) is 0 Å². The van der Waals surface area contributed by atoms with Gasteiger partial charge in [-0.25, -0.2) is 8.78 Å². The number of benzene rings is 1. The van der Waals surface area contributed by atoms with Gasteiger partial charge in [0.05, 0.1) is 11.6 Å². The lowest BCUT2D eigenvalue weighted by molar-refractivity contribution is -0.0758. The van der Waals surface area contributed by atoms with Crippen LogP contribution in [-0.2, 0) is 4.74 Å². The molecule has 1 unspecified atom stereocenters. The van der Waals surface area contributed by atoms with E-state index in [1.165, 1.54) is 12.1 Å². The summed E-state index contributed by atoms with van der Waals surface area (Å²) >= 11 is 0. The van der Waals surface area contributed by atoms with Crippen molar-refractivity contribution in [2.45, 2.75) is 51.2 Å². The number of likely N-dealkylation sites (N-methyl/N-ethyl adjacent to an activating group) is 1. The highest BCUT2D eigenvalue weighted by Gasteiger charge is 2.42. The van der Waals surface area contributed by atoms with Crippen LogP contribution in [0.5, 0.6) is 0 Å². The van der Waals surface area contributed by atoms with E-state index in [0.717, 1.165) is 38.3 Å². The van der Waals surface area contributed by atoms with E-state index in [4.69, 9.17) is 4.74 Å². The monoisotopic (exact) mass is 297 g/mol. The molecule has 0 saturated heterocycles. The molecule has 2 nitrogen and oxygen atoms in total. The smallest absolute Gasteiger partial charge is 0.126 e. The van der Waals surface area contributed by atoms with Crippen LogP contribution in [0.15, 0.2) is 18.2 Å². The Bertz CT molecular complexity index is 450. The third-order valence-corrected chi connectivity index (χ3v) is 4.68. The summed E-state index contributed by atoms with van der Waals surface area (Å²) in [5, 5.41) is 3.37. The van der Waals surface area contributed by atoms with Crippen molar-refractivity contribution in [1.29, 1.82) is 0 Å². The molecule has 1 aliphatic rings. The zero-order chi connectivity index (χ0) is 15.5. The van der Waals surface area contributed by atoms with E-state index in [1.807, 2.05) is 6.92 Å². The number of methoxy groups -OCH3 is 1. The van der Waals surface area contributed by atoms with Crippen LogP contribution < -0.4 is 5.32 Å². The van der Waals surface area contributed by atoms with Crippen LogP contribution in [0, 0.1) is 17.6 Å². The van der Waals surface area contributed by atoms with Crippen molar-refractivity contribution in [1.82, 2.24) is 5.32 Å². The highest BCUT2D eigenvalue weighted by molar-refractivity contribution is 5.25. The number of rotatable bonds is 5. The van der Waals surface area contributed by atoms with Gasteiger partial charge >= 0.3 is 0 Å². The molecule has 0 aliphatic heterocycles. The van der Waals surface area contributed by atoms with Crippen molar-refractivity contribution in [3.05, 3.63) is 35.4 Å². The number of hydrogen-bond donors (Lipinski definition) is 1. The summed E-state index contributed by atoms with van der Waals surface area (Å²) in [6.45, 7) is 4.96. The molecule has 1 aromatic carbocycles. The van der Waals surface area contributed by atoms with E-state index >= 15 is 0 Å². The predicted molar refractivity (Wildman–Crippen MR) is 80.1 cm³/mol. The standard InChI is InChI=1S/C17H25F2NO/c1-4-20-16(13-9-14(18)11-15(19)10-13)17(21-3)7-5-12(2)6-8-17/h9-12,16,20H,4-8H2,1-3H3. The maximum Gasteiger partial charge on any atom is 0.126 e. The van der Waals surface area contributed by atoms with Crippen LogP contribution in [-0.4, -0.2) is 19.3 Å². The highest BCUT2D eigenvalue weighted by atomic mass is 19.1. The molecule has 0 radical (unpaired) electrons. The fourth-order valence-corrected chi connectivity index (χ4v) is 3.41. The van der Waals surface area contributed by atoms with Gasteiger partial charge in [-0.3, -0.25) is 0 Å². The Morgan fingerprint density at radius 2 is 1.81 bits per heavy atom. The molecule has 1 N–H and O–H groups in total. The lowest BCUT2D eigenvalue weighted by atomic mass is 9.73. The fraction of sp³-hybridized carbons (Fsp3) is 0.647. The van der Waals surface area contributed by atoms with Gasteiger partial charge in [0.1, 0.15) is 11.6 Å². The molecular formula is C17H25F2NO. The molecule has 0 heterocycles. The first kappa shape index (κ1) is 16.4. The molecule has 1 fully saturated rings. The summed E-state index contributed by atoms with van der Waals surface area (Å²) in [6.07, 6.45) is 3.96. The van der Waals surface area contributed by atoms with Gasteiger partial charge in [0.15, 0.2) is 0 Å². The molecule has 2 rings (SSSR count). The average molecular weight is 297 g/mol. The highest BCUT2D eigenvalue weighted by Crippen LogP contribution is 2.43. The number of hydrogen-bond acceptors (Lipinski definition) is 2. The molecule has 0 bridgehead atoms. The minimum Gasteiger partial charge on any atom is -0.376 e. The number of halogens is 2. The summed E-state index contributed by atoms with van der Waals surface area (Å²) < 4.78 is 33.0. The molecule has 21 heavy (non-hydrogen) atoms. The van der Waals surface area contributed by atoms with E-state index < -0.39 is 11.6 Å². The Balaban J connectivity index is 2.36. The third kappa shape index (κ3) is 3.61. The minimum atomic E-state index is -0.539. The fourth-order valence-electron chi connectivity index (χ4n) is 3.41. The van der Waals surface area contributed by atoms with Gasteiger partial charge in [0.25, 0.3) is 0 Å². The van der Waals surface area contributed by atoms with E-state index in [9.17, 15) is 8.78 Å². The molecule has 1 atom stereocenters. The number of ether oxygens (including phenoxy) is 1. The van der Waals surface area contributed by atoms with Crippen LogP contribution in [0.2, 0.25) is 0 Å². The molecule has 0 spiro atoms. The van der Waals surface area contributed by atoms with E-state index in [0.29, 0.717) is 11.5 Å².